The van der Waals surface area contributed by atoms with Crippen LogP contribution in [0.2, 0.25) is 0 Å². The van der Waals surface area contributed by atoms with Crippen LogP contribution < -0.4 is 21.9 Å². The van der Waals surface area contributed by atoms with Gasteiger partial charge in [-0.3, -0.25) is 21.3 Å². The van der Waals surface area contributed by atoms with E-state index in [4.69, 9.17) is 4.52 Å². The van der Waals surface area contributed by atoms with E-state index in [1.807, 2.05) is 56.6 Å². The molecule has 17 heteroatoms. The van der Waals surface area contributed by atoms with Crippen LogP contribution in [0.25, 0.3) is 44.0 Å². The lowest BCUT2D eigenvalue weighted by molar-refractivity contribution is -0.139. The molecule has 344 valence electrons. The number of aryl methyl sites for hydroxylation is 1. The number of benzene rings is 2. The van der Waals surface area contributed by atoms with Gasteiger partial charge in [0, 0.05) is 79.3 Å². The van der Waals surface area contributed by atoms with Crippen molar-refractivity contribution in [1.82, 2.24) is 45.1 Å². The number of carbonyl (C=O) groups is 2. The first-order valence-electron chi connectivity index (χ1n) is 22.6. The third kappa shape index (κ3) is 10.1. The fraction of sp³-hybridized carbons (Fsp3) is 0.388. The van der Waals surface area contributed by atoms with Crippen molar-refractivity contribution >= 4 is 40.1 Å². The van der Waals surface area contributed by atoms with E-state index in [1.165, 1.54) is 10.6 Å². The van der Waals surface area contributed by atoms with Gasteiger partial charge in [-0.05, 0) is 93.7 Å². The highest BCUT2D eigenvalue weighted by Gasteiger charge is 2.43. The molecule has 7 heterocycles. The van der Waals surface area contributed by atoms with Crippen molar-refractivity contribution in [2.24, 2.45) is 17.6 Å². The summed E-state index contributed by atoms with van der Waals surface area (Å²) in [6, 6.07) is 21.3. The summed E-state index contributed by atoms with van der Waals surface area (Å²) in [6.45, 7) is 11.3. The molecular weight excluding hydrogens is 853 g/mol. The van der Waals surface area contributed by atoms with Gasteiger partial charge in [0.15, 0.2) is 0 Å². The molecule has 2 aliphatic heterocycles. The van der Waals surface area contributed by atoms with E-state index in [9.17, 15) is 14.7 Å². The highest BCUT2D eigenvalue weighted by molar-refractivity contribution is 7.13. The summed E-state index contributed by atoms with van der Waals surface area (Å²) >= 11 is 1.63. The molecule has 5 aromatic heterocycles. The number of nitrogens with zero attached hydrogens (tertiary/aromatic N) is 9. The SMILES string of the molecule is CC1(n2c(C3CCN(c4ncc(-c5ccon5)cn4)CC3)cc3nnc(-c4ccccc4O)cc32)CC1.Cc1ncsc1-c1ccc(CNC(=O)C2CCCN2C(=O)CC(C)C)cc1.NN. The third-order valence-electron chi connectivity index (χ3n) is 12.7. The number of rotatable bonds is 11. The van der Waals surface area contributed by atoms with Crippen LogP contribution in [-0.4, -0.2) is 82.4 Å². The fourth-order valence-corrected chi connectivity index (χ4v) is 9.78. The summed E-state index contributed by atoms with van der Waals surface area (Å²) < 4.78 is 7.43. The molecule has 0 bridgehead atoms. The van der Waals surface area contributed by atoms with Gasteiger partial charge in [0.1, 0.15) is 29.3 Å². The molecular formula is C49H58N12O4S. The van der Waals surface area contributed by atoms with Crippen LogP contribution in [0.5, 0.6) is 5.75 Å². The van der Waals surface area contributed by atoms with Crippen molar-refractivity contribution in [1.29, 1.82) is 0 Å². The van der Waals surface area contributed by atoms with Crippen LogP contribution in [0, 0.1) is 12.8 Å². The number of phenols is 1. The molecule has 6 N–H and O–H groups in total. The van der Waals surface area contributed by atoms with Crippen molar-refractivity contribution in [3.05, 3.63) is 108 Å². The summed E-state index contributed by atoms with van der Waals surface area (Å²) in [4.78, 5) is 43.6. The fourth-order valence-electron chi connectivity index (χ4n) is 8.96. The van der Waals surface area contributed by atoms with Crippen molar-refractivity contribution < 1.29 is 19.2 Å². The second-order valence-corrected chi connectivity index (χ2v) is 18.7. The number of anilines is 1. The molecule has 3 aliphatic rings. The molecule has 10 rings (SSSR count). The lowest BCUT2D eigenvalue weighted by Crippen LogP contribution is -2.46. The van der Waals surface area contributed by atoms with Gasteiger partial charge in [-0.2, -0.15) is 0 Å². The minimum Gasteiger partial charge on any atom is -0.507 e. The van der Waals surface area contributed by atoms with E-state index in [0.717, 1.165) is 96.7 Å². The third-order valence-corrected chi connectivity index (χ3v) is 13.7. The first-order valence-corrected chi connectivity index (χ1v) is 23.5. The smallest absolute Gasteiger partial charge is 0.243 e. The zero-order chi connectivity index (χ0) is 46.4. The molecule has 2 amide bonds. The van der Waals surface area contributed by atoms with Crippen LogP contribution >= 0.6 is 11.3 Å². The number of hydrogen-bond acceptors (Lipinski definition) is 14. The number of nitrogens with one attached hydrogen (secondary N) is 1. The van der Waals surface area contributed by atoms with E-state index >= 15 is 0 Å². The number of piperidine rings is 1. The van der Waals surface area contributed by atoms with Crippen molar-refractivity contribution in [3.63, 3.8) is 0 Å². The first-order chi connectivity index (χ1) is 32.0. The molecule has 1 aliphatic carbocycles. The number of nitrogens with two attached hydrogens (primary N) is 2. The Hall–Kier alpha value is -6.56. The number of hydrogen-bond donors (Lipinski definition) is 4. The van der Waals surface area contributed by atoms with E-state index in [1.54, 1.807) is 47.0 Å². The van der Waals surface area contributed by atoms with Crippen LogP contribution in [0.3, 0.4) is 0 Å². The van der Waals surface area contributed by atoms with E-state index in [-0.39, 0.29) is 29.1 Å². The number of para-hydroxylation sites is 1. The Kier molecular flexibility index (Phi) is 14.2. The second kappa shape index (κ2) is 20.3. The summed E-state index contributed by atoms with van der Waals surface area (Å²) in [5.41, 5.74) is 11.5. The molecule has 3 fully saturated rings. The maximum atomic E-state index is 12.6. The molecule has 66 heavy (non-hydrogen) atoms. The quantitative estimate of drug-likeness (QED) is 0.0722. The Balaban J connectivity index is 0.000000182. The van der Waals surface area contributed by atoms with Crippen LogP contribution in [0.1, 0.15) is 88.6 Å². The standard InChI is InChI=1S/C28H27N7O2.C21H27N3O2S.H4N2/c1-28(9-10-28)35-24(15-23-25(35)14-22(31-32-23)20-4-2-3-5-26(20)36)18-6-11-34(12-7-18)27-29-16-19(17-30-27)21-8-13-37-33-21;1-14(2)11-19(25)24-10-4-5-18(24)21(26)22-12-16-6-8-17(9-7-16)20-15(3)23-13-27-20;1-2/h2-5,8,13-18,36H,6-7,9-12H2,1H3;6-9,13-14,18H,4-5,10-12H2,1-3H3,(H,22,26);1-2H2. The lowest BCUT2D eigenvalue weighted by atomic mass is 9.93. The van der Waals surface area contributed by atoms with Gasteiger partial charge in [0.2, 0.25) is 17.8 Å². The normalized spacial score (nSPS) is 16.7. The van der Waals surface area contributed by atoms with Gasteiger partial charge >= 0.3 is 0 Å². The minimum absolute atomic E-state index is 0.0491. The average molecular weight is 911 g/mol. The van der Waals surface area contributed by atoms with Gasteiger partial charge in [-0.1, -0.05) is 55.4 Å². The number of carbonyl (C=O) groups excluding carboxylic acids is 2. The Labute approximate surface area is 388 Å². The molecule has 1 saturated carbocycles. The lowest BCUT2D eigenvalue weighted by Gasteiger charge is -2.33. The van der Waals surface area contributed by atoms with Crippen molar-refractivity contribution in [2.75, 3.05) is 24.5 Å². The number of thiazole rings is 1. The number of aromatic nitrogens is 7. The van der Waals surface area contributed by atoms with Gasteiger partial charge in [-0.25, -0.2) is 15.0 Å². The molecule has 1 unspecified atom stereocenters. The number of likely N-dealkylation sites (tertiary alicyclic amines) is 1. The van der Waals surface area contributed by atoms with E-state index < -0.39 is 0 Å². The summed E-state index contributed by atoms with van der Waals surface area (Å²) in [7, 11) is 0. The Morgan fingerprint density at radius 1 is 0.924 bits per heavy atom. The second-order valence-electron chi connectivity index (χ2n) is 17.9. The molecule has 2 saturated heterocycles. The average Bonchev–Trinajstić information content (AvgIpc) is 3.93. The number of aromatic hydroxyl groups is 1. The van der Waals surface area contributed by atoms with Crippen molar-refractivity contribution in [3.8, 4) is 38.7 Å². The number of phenolic OH excluding ortho intramolecular Hbond substituents is 1. The van der Waals surface area contributed by atoms with Gasteiger partial charge in [0.25, 0.3) is 0 Å². The Morgan fingerprint density at radius 2 is 1.67 bits per heavy atom. The van der Waals surface area contributed by atoms with E-state index in [2.05, 4.69) is 88.0 Å². The maximum Gasteiger partial charge on any atom is 0.243 e. The first kappa shape index (κ1) is 46.0. The highest BCUT2D eigenvalue weighted by Crippen LogP contribution is 2.48. The summed E-state index contributed by atoms with van der Waals surface area (Å²) in [6.07, 6.45) is 11.6. The largest absolute Gasteiger partial charge is 0.507 e. The Morgan fingerprint density at radius 3 is 2.32 bits per heavy atom. The number of amides is 2. The van der Waals surface area contributed by atoms with Gasteiger partial charge in [0.05, 0.1) is 27.3 Å². The monoisotopic (exact) mass is 910 g/mol. The number of fused-ring (bicyclic) bond motifs is 1. The summed E-state index contributed by atoms with van der Waals surface area (Å²) in [5, 5.41) is 26.4. The molecule has 16 nitrogen and oxygen atoms in total. The molecule has 1 atom stereocenters. The topological polar surface area (TPSA) is 220 Å². The molecule has 0 spiro atoms. The predicted octanol–water partition coefficient (Wildman–Crippen LogP) is 7.73. The van der Waals surface area contributed by atoms with E-state index in [0.29, 0.717) is 42.6 Å². The summed E-state index contributed by atoms with van der Waals surface area (Å²) in [5.74, 6) is 9.74. The maximum absolute atomic E-state index is 12.6. The van der Waals surface area contributed by atoms with Gasteiger partial charge < -0.3 is 29.3 Å². The van der Waals surface area contributed by atoms with Crippen LogP contribution in [0.15, 0.2) is 95.4 Å². The highest BCUT2D eigenvalue weighted by atomic mass is 32.1. The van der Waals surface area contributed by atoms with Crippen LogP contribution in [0.4, 0.5) is 5.95 Å². The zero-order valence-corrected chi connectivity index (χ0v) is 38.7. The number of hydrazine groups is 1. The predicted molar refractivity (Wildman–Crippen MR) is 256 cm³/mol. The molecule has 7 aromatic rings. The minimum atomic E-state index is -0.324. The molecule has 2 aromatic carbocycles. The molecule has 0 radical (unpaired) electrons. The van der Waals surface area contributed by atoms with Crippen molar-refractivity contribution in [2.45, 2.75) is 96.7 Å². The zero-order valence-electron chi connectivity index (χ0n) is 37.9. The Bertz CT molecular complexity index is 2720. The van der Waals surface area contributed by atoms with Crippen LogP contribution in [-0.2, 0) is 21.7 Å². The van der Waals surface area contributed by atoms with Gasteiger partial charge in [-0.15, -0.1) is 21.5 Å².